The first kappa shape index (κ1) is 14.2. The van der Waals surface area contributed by atoms with E-state index in [1.54, 1.807) is 24.5 Å². The maximum atomic E-state index is 12.5. The van der Waals surface area contributed by atoms with Crippen LogP contribution < -0.4 is 5.32 Å². The predicted molar refractivity (Wildman–Crippen MR) is 80.1 cm³/mol. The number of nitro benzene ring substituents is 1. The van der Waals surface area contributed by atoms with E-state index in [4.69, 9.17) is 0 Å². The molecule has 1 fully saturated rings. The van der Waals surface area contributed by atoms with Crippen molar-refractivity contribution in [1.29, 1.82) is 0 Å². The smallest absolute Gasteiger partial charge is 0.269 e. The molecule has 0 radical (unpaired) electrons. The van der Waals surface area contributed by atoms with Crippen LogP contribution in [0.15, 0.2) is 48.8 Å². The van der Waals surface area contributed by atoms with Crippen LogP contribution in [0.3, 0.4) is 0 Å². The number of nitrogens with zero attached hydrogens (tertiary/aromatic N) is 2. The van der Waals surface area contributed by atoms with Crippen molar-refractivity contribution >= 4 is 11.6 Å². The van der Waals surface area contributed by atoms with Crippen molar-refractivity contribution in [3.8, 4) is 0 Å². The molecule has 1 aliphatic rings. The lowest BCUT2D eigenvalue weighted by molar-refractivity contribution is -0.384. The molecule has 1 heterocycles. The fourth-order valence-electron chi connectivity index (χ4n) is 2.53. The van der Waals surface area contributed by atoms with Gasteiger partial charge in [0.25, 0.3) is 5.69 Å². The number of benzene rings is 1. The predicted octanol–water partition coefficient (Wildman–Crippen LogP) is 2.34. The Morgan fingerprint density at radius 2 is 2.00 bits per heavy atom. The lowest BCUT2D eigenvalue weighted by atomic mass is 9.94. The number of hydrogen-bond acceptors (Lipinski definition) is 4. The van der Waals surface area contributed by atoms with Gasteiger partial charge in [-0.05, 0) is 30.0 Å². The number of non-ortho nitro benzene ring substituents is 1. The number of carbonyl (C=O) groups is 1. The summed E-state index contributed by atoms with van der Waals surface area (Å²) in [5.41, 5.74) is 1.28. The van der Waals surface area contributed by atoms with E-state index in [0.717, 1.165) is 24.0 Å². The number of nitrogens with one attached hydrogen (secondary N) is 1. The number of carbonyl (C=O) groups excluding carboxylic acids is 1. The fraction of sp³-hybridized carbons (Fsp3) is 0.250. The minimum absolute atomic E-state index is 0.0368. The first-order chi connectivity index (χ1) is 10.6. The lowest BCUT2D eigenvalue weighted by Gasteiger charge is -2.15. The Balaban J connectivity index is 1.70. The summed E-state index contributed by atoms with van der Waals surface area (Å²) in [5, 5.41) is 13.6. The van der Waals surface area contributed by atoms with Gasteiger partial charge in [-0.1, -0.05) is 18.2 Å². The zero-order valence-electron chi connectivity index (χ0n) is 11.9. The zero-order chi connectivity index (χ0) is 15.6. The summed E-state index contributed by atoms with van der Waals surface area (Å²) in [4.78, 5) is 26.7. The second-order valence-electron chi connectivity index (χ2n) is 5.43. The van der Waals surface area contributed by atoms with Gasteiger partial charge in [0.15, 0.2) is 0 Å². The molecule has 2 aromatic rings. The highest BCUT2D eigenvalue weighted by Gasteiger charge is 2.51. The van der Waals surface area contributed by atoms with Crippen LogP contribution in [-0.2, 0) is 16.8 Å². The molecule has 6 heteroatoms. The Labute approximate surface area is 127 Å². The van der Waals surface area contributed by atoms with Gasteiger partial charge in [-0.2, -0.15) is 0 Å². The molecule has 0 atom stereocenters. The Bertz CT molecular complexity index is 694. The molecule has 0 aliphatic heterocycles. The molecule has 0 saturated heterocycles. The van der Waals surface area contributed by atoms with Crippen molar-refractivity contribution in [3.05, 3.63) is 70.0 Å². The van der Waals surface area contributed by atoms with Crippen molar-refractivity contribution in [2.24, 2.45) is 0 Å². The van der Waals surface area contributed by atoms with Crippen molar-refractivity contribution in [1.82, 2.24) is 10.3 Å². The van der Waals surface area contributed by atoms with Crippen LogP contribution in [0.25, 0.3) is 0 Å². The van der Waals surface area contributed by atoms with Crippen LogP contribution in [-0.4, -0.2) is 15.8 Å². The van der Waals surface area contributed by atoms with E-state index < -0.39 is 10.3 Å². The summed E-state index contributed by atoms with van der Waals surface area (Å²) >= 11 is 0. The summed E-state index contributed by atoms with van der Waals surface area (Å²) in [7, 11) is 0. The molecule has 1 aliphatic carbocycles. The third-order valence-electron chi connectivity index (χ3n) is 3.99. The summed E-state index contributed by atoms with van der Waals surface area (Å²) in [6, 6.07) is 9.97. The maximum absolute atomic E-state index is 12.5. The number of rotatable bonds is 5. The highest BCUT2D eigenvalue weighted by Crippen LogP contribution is 2.48. The molecule has 1 amide bonds. The largest absolute Gasteiger partial charge is 0.351 e. The monoisotopic (exact) mass is 297 g/mol. The molecular weight excluding hydrogens is 282 g/mol. The number of aromatic nitrogens is 1. The Morgan fingerprint density at radius 1 is 1.27 bits per heavy atom. The standard InChI is InChI=1S/C16H15N3O3/c20-15(18-11-12-2-1-9-17-10-12)16(7-8-16)13-3-5-14(6-4-13)19(21)22/h1-6,9-10H,7-8,11H2,(H,18,20). The molecule has 0 spiro atoms. The van der Waals surface area contributed by atoms with Gasteiger partial charge in [-0.3, -0.25) is 19.9 Å². The van der Waals surface area contributed by atoms with Crippen molar-refractivity contribution in [3.63, 3.8) is 0 Å². The van der Waals surface area contributed by atoms with Gasteiger partial charge in [-0.25, -0.2) is 0 Å². The second-order valence-corrected chi connectivity index (χ2v) is 5.43. The van der Waals surface area contributed by atoms with Crippen LogP contribution in [0.2, 0.25) is 0 Å². The van der Waals surface area contributed by atoms with Gasteiger partial charge in [0, 0.05) is 31.1 Å². The Hall–Kier alpha value is -2.76. The minimum Gasteiger partial charge on any atom is -0.351 e. The van der Waals surface area contributed by atoms with E-state index in [2.05, 4.69) is 10.3 Å². The molecular formula is C16H15N3O3. The molecule has 1 N–H and O–H groups in total. The summed E-state index contributed by atoms with van der Waals surface area (Å²) < 4.78 is 0. The van der Waals surface area contributed by atoms with Crippen LogP contribution >= 0.6 is 0 Å². The van der Waals surface area contributed by atoms with Gasteiger partial charge < -0.3 is 5.32 Å². The second kappa shape index (κ2) is 5.55. The van der Waals surface area contributed by atoms with Gasteiger partial charge in [0.1, 0.15) is 0 Å². The molecule has 1 saturated carbocycles. The molecule has 1 aromatic heterocycles. The van der Waals surface area contributed by atoms with Crippen molar-refractivity contribution < 1.29 is 9.72 Å². The molecule has 3 rings (SSSR count). The third-order valence-corrected chi connectivity index (χ3v) is 3.99. The first-order valence-electron chi connectivity index (χ1n) is 7.04. The quantitative estimate of drug-likeness (QED) is 0.678. The van der Waals surface area contributed by atoms with E-state index in [9.17, 15) is 14.9 Å². The van der Waals surface area contributed by atoms with E-state index >= 15 is 0 Å². The molecule has 1 aromatic carbocycles. The Morgan fingerprint density at radius 3 is 2.55 bits per heavy atom. The maximum Gasteiger partial charge on any atom is 0.269 e. The van der Waals surface area contributed by atoms with E-state index in [1.807, 2.05) is 12.1 Å². The van der Waals surface area contributed by atoms with Gasteiger partial charge in [0.05, 0.1) is 10.3 Å². The number of hydrogen-bond donors (Lipinski definition) is 1. The van der Waals surface area contributed by atoms with Crippen LogP contribution in [0, 0.1) is 10.1 Å². The third kappa shape index (κ3) is 2.67. The minimum atomic E-state index is -0.530. The average molecular weight is 297 g/mol. The summed E-state index contributed by atoms with van der Waals surface area (Å²) in [6.07, 6.45) is 4.93. The van der Waals surface area contributed by atoms with E-state index in [1.165, 1.54) is 12.1 Å². The molecule has 6 nitrogen and oxygen atoms in total. The van der Waals surface area contributed by atoms with Crippen LogP contribution in [0.5, 0.6) is 0 Å². The molecule has 0 unspecified atom stereocenters. The number of nitro groups is 1. The topological polar surface area (TPSA) is 85.1 Å². The molecule has 22 heavy (non-hydrogen) atoms. The zero-order valence-corrected chi connectivity index (χ0v) is 11.9. The first-order valence-corrected chi connectivity index (χ1v) is 7.04. The number of pyridine rings is 1. The van der Waals surface area contributed by atoms with Gasteiger partial charge in [0.2, 0.25) is 5.91 Å². The molecule has 112 valence electrons. The summed E-state index contributed by atoms with van der Waals surface area (Å²) in [6.45, 7) is 0.432. The SMILES string of the molecule is O=C(NCc1cccnc1)C1(c2ccc([N+](=O)[O-])cc2)CC1. The van der Waals surface area contributed by atoms with Crippen molar-refractivity contribution in [2.75, 3.05) is 0 Å². The number of amides is 1. The highest BCUT2D eigenvalue weighted by atomic mass is 16.6. The average Bonchev–Trinajstić information content (AvgIpc) is 3.35. The van der Waals surface area contributed by atoms with Crippen molar-refractivity contribution in [2.45, 2.75) is 24.8 Å². The van der Waals surface area contributed by atoms with Crippen LogP contribution in [0.4, 0.5) is 5.69 Å². The molecule has 0 bridgehead atoms. The Kier molecular flexibility index (Phi) is 3.58. The fourth-order valence-corrected chi connectivity index (χ4v) is 2.53. The van der Waals surface area contributed by atoms with Gasteiger partial charge in [-0.15, -0.1) is 0 Å². The van der Waals surface area contributed by atoms with Crippen LogP contribution in [0.1, 0.15) is 24.0 Å². The van der Waals surface area contributed by atoms with E-state index in [-0.39, 0.29) is 11.6 Å². The highest BCUT2D eigenvalue weighted by molar-refractivity contribution is 5.91. The summed E-state index contributed by atoms with van der Waals surface area (Å²) in [5.74, 6) is -0.0368. The normalized spacial score (nSPS) is 15.1. The lowest BCUT2D eigenvalue weighted by Crippen LogP contribution is -2.34. The van der Waals surface area contributed by atoms with E-state index in [0.29, 0.717) is 6.54 Å². The van der Waals surface area contributed by atoms with Gasteiger partial charge >= 0.3 is 0 Å².